The molecule has 2 N–H and O–H groups in total. The van der Waals surface area contributed by atoms with E-state index in [2.05, 4.69) is 17.6 Å². The Morgan fingerprint density at radius 1 is 1.50 bits per heavy atom. The van der Waals surface area contributed by atoms with Crippen LogP contribution in [0.15, 0.2) is 18.2 Å². The average Bonchev–Trinajstić information content (AvgIpc) is 2.84. The number of halogens is 1. The minimum atomic E-state index is -0.388. The van der Waals surface area contributed by atoms with Gasteiger partial charge in [-0.05, 0) is 30.5 Å². The Morgan fingerprint density at radius 2 is 2.25 bits per heavy atom. The topological polar surface area (TPSA) is 41.1 Å². The number of hydrogen-bond donors (Lipinski definition) is 2. The van der Waals surface area contributed by atoms with Crippen LogP contribution in [0, 0.1) is 11.7 Å². The molecule has 3 unspecified atom stereocenters. The molecule has 1 aliphatic heterocycles. The highest BCUT2D eigenvalue weighted by atomic mass is 19.1. The number of amides is 1. The molecule has 3 nitrogen and oxygen atoms in total. The van der Waals surface area contributed by atoms with Crippen molar-refractivity contribution in [3.05, 3.63) is 29.6 Å². The van der Waals surface area contributed by atoms with Crippen LogP contribution in [0.25, 0.3) is 0 Å². The fourth-order valence-corrected chi connectivity index (χ4v) is 2.17. The Morgan fingerprint density at radius 3 is 2.94 bits per heavy atom. The van der Waals surface area contributed by atoms with Gasteiger partial charge < -0.3 is 5.32 Å². The number of hydrogen-bond acceptors (Lipinski definition) is 2. The molecular formula is C12H13FN2O. The third-order valence-electron chi connectivity index (χ3n) is 3.33. The molecule has 0 aromatic heterocycles. The number of benzene rings is 1. The second kappa shape index (κ2) is 3.28. The lowest BCUT2D eigenvalue weighted by molar-refractivity contribution is -0.117. The standard InChI is InChI=1S/C12H13FN2O/c1-6-4-10(6)14-11-8-5-7(13)2-3-9(8)15-12(11)16/h2-3,5-6,10-11,14H,4H2,1H3,(H,15,16). The van der Waals surface area contributed by atoms with Crippen LogP contribution in [-0.2, 0) is 4.79 Å². The predicted octanol–water partition coefficient (Wildman–Crippen LogP) is 1.82. The molecule has 1 fully saturated rings. The summed E-state index contributed by atoms with van der Waals surface area (Å²) in [4.78, 5) is 11.7. The highest BCUT2D eigenvalue weighted by Crippen LogP contribution is 2.36. The van der Waals surface area contributed by atoms with Crippen molar-refractivity contribution in [3.63, 3.8) is 0 Å². The summed E-state index contributed by atoms with van der Waals surface area (Å²) < 4.78 is 13.1. The van der Waals surface area contributed by atoms with Crippen molar-refractivity contribution in [2.75, 3.05) is 5.32 Å². The van der Waals surface area contributed by atoms with Gasteiger partial charge in [-0.25, -0.2) is 4.39 Å². The Balaban J connectivity index is 1.89. The molecule has 1 amide bonds. The van der Waals surface area contributed by atoms with Crippen molar-refractivity contribution < 1.29 is 9.18 Å². The molecule has 2 aliphatic rings. The fraction of sp³-hybridized carbons (Fsp3) is 0.417. The van der Waals surface area contributed by atoms with Gasteiger partial charge in [-0.15, -0.1) is 0 Å². The van der Waals surface area contributed by atoms with E-state index in [1.54, 1.807) is 6.07 Å². The first kappa shape index (κ1) is 9.78. The number of nitrogens with one attached hydrogen (secondary N) is 2. The van der Waals surface area contributed by atoms with Gasteiger partial charge in [0, 0.05) is 17.3 Å². The van der Waals surface area contributed by atoms with E-state index in [9.17, 15) is 9.18 Å². The van der Waals surface area contributed by atoms with Crippen molar-refractivity contribution in [2.24, 2.45) is 5.92 Å². The molecule has 3 atom stereocenters. The lowest BCUT2D eigenvalue weighted by Crippen LogP contribution is -2.29. The summed E-state index contributed by atoms with van der Waals surface area (Å²) in [7, 11) is 0. The zero-order chi connectivity index (χ0) is 11.3. The molecule has 16 heavy (non-hydrogen) atoms. The predicted molar refractivity (Wildman–Crippen MR) is 58.5 cm³/mol. The maximum atomic E-state index is 13.1. The zero-order valence-corrected chi connectivity index (χ0v) is 8.96. The van der Waals surface area contributed by atoms with Crippen molar-refractivity contribution in [2.45, 2.75) is 25.4 Å². The van der Waals surface area contributed by atoms with E-state index in [0.29, 0.717) is 12.0 Å². The van der Waals surface area contributed by atoms with Gasteiger partial charge in [-0.2, -0.15) is 0 Å². The third kappa shape index (κ3) is 1.50. The molecule has 1 aromatic rings. The Hall–Kier alpha value is -1.42. The first-order valence-electron chi connectivity index (χ1n) is 5.51. The number of anilines is 1. The number of carbonyl (C=O) groups is 1. The van der Waals surface area contributed by atoms with Crippen LogP contribution in [0.3, 0.4) is 0 Å². The summed E-state index contributed by atoms with van der Waals surface area (Å²) >= 11 is 0. The smallest absolute Gasteiger partial charge is 0.246 e. The SMILES string of the molecule is CC1CC1NC1C(=O)Nc2ccc(F)cc21. The molecule has 1 heterocycles. The van der Waals surface area contributed by atoms with E-state index in [4.69, 9.17) is 0 Å². The van der Waals surface area contributed by atoms with Crippen LogP contribution >= 0.6 is 0 Å². The number of fused-ring (bicyclic) bond motifs is 1. The minimum Gasteiger partial charge on any atom is -0.324 e. The summed E-state index contributed by atoms with van der Waals surface area (Å²) in [5.41, 5.74) is 1.45. The number of rotatable bonds is 2. The van der Waals surface area contributed by atoms with Gasteiger partial charge in [0.05, 0.1) is 0 Å². The van der Waals surface area contributed by atoms with E-state index in [1.165, 1.54) is 12.1 Å². The molecule has 0 spiro atoms. The van der Waals surface area contributed by atoms with Crippen molar-refractivity contribution in [3.8, 4) is 0 Å². The second-order valence-electron chi connectivity index (χ2n) is 4.64. The molecule has 84 valence electrons. The molecule has 1 aromatic carbocycles. The number of carbonyl (C=O) groups excluding carboxylic acids is 1. The molecule has 0 radical (unpaired) electrons. The largest absolute Gasteiger partial charge is 0.324 e. The fourth-order valence-electron chi connectivity index (χ4n) is 2.17. The van der Waals surface area contributed by atoms with Gasteiger partial charge in [0.25, 0.3) is 0 Å². The lowest BCUT2D eigenvalue weighted by atomic mass is 10.1. The molecule has 0 saturated heterocycles. The van der Waals surface area contributed by atoms with Crippen molar-refractivity contribution in [1.29, 1.82) is 0 Å². The van der Waals surface area contributed by atoms with E-state index in [0.717, 1.165) is 17.7 Å². The lowest BCUT2D eigenvalue weighted by Gasteiger charge is -2.10. The van der Waals surface area contributed by atoms with Crippen LogP contribution in [0.2, 0.25) is 0 Å². The van der Waals surface area contributed by atoms with Crippen LogP contribution in [0.5, 0.6) is 0 Å². The van der Waals surface area contributed by atoms with Gasteiger partial charge in [0.2, 0.25) is 5.91 Å². The Labute approximate surface area is 93.0 Å². The Kier molecular flexibility index (Phi) is 2.01. The monoisotopic (exact) mass is 220 g/mol. The van der Waals surface area contributed by atoms with E-state index in [-0.39, 0.29) is 17.8 Å². The summed E-state index contributed by atoms with van der Waals surface area (Å²) in [5.74, 6) is 0.232. The third-order valence-corrected chi connectivity index (χ3v) is 3.33. The minimum absolute atomic E-state index is 0.0836. The first-order chi connectivity index (χ1) is 7.65. The highest BCUT2D eigenvalue weighted by molar-refractivity contribution is 6.02. The molecule has 0 bridgehead atoms. The normalized spacial score (nSPS) is 31.1. The molecule has 1 aliphatic carbocycles. The molecule has 4 heteroatoms. The summed E-state index contributed by atoms with van der Waals surface area (Å²) in [5, 5.41) is 6.01. The van der Waals surface area contributed by atoms with Crippen LogP contribution in [0.4, 0.5) is 10.1 Å². The van der Waals surface area contributed by atoms with E-state index >= 15 is 0 Å². The van der Waals surface area contributed by atoms with Crippen molar-refractivity contribution in [1.82, 2.24) is 5.32 Å². The molecular weight excluding hydrogens is 207 g/mol. The quantitative estimate of drug-likeness (QED) is 0.798. The summed E-state index contributed by atoms with van der Waals surface area (Å²) in [6, 6.07) is 4.41. The average molecular weight is 220 g/mol. The van der Waals surface area contributed by atoms with Crippen molar-refractivity contribution >= 4 is 11.6 Å². The van der Waals surface area contributed by atoms with Crippen LogP contribution in [0.1, 0.15) is 24.9 Å². The Bertz CT molecular complexity index is 460. The molecule has 3 rings (SSSR count). The first-order valence-corrected chi connectivity index (χ1v) is 5.51. The van der Waals surface area contributed by atoms with E-state index < -0.39 is 0 Å². The summed E-state index contributed by atoms with van der Waals surface area (Å²) in [6.45, 7) is 2.14. The molecule has 1 saturated carbocycles. The van der Waals surface area contributed by atoms with Crippen LogP contribution < -0.4 is 10.6 Å². The summed E-state index contributed by atoms with van der Waals surface area (Å²) in [6.07, 6.45) is 1.09. The maximum absolute atomic E-state index is 13.1. The van der Waals surface area contributed by atoms with Gasteiger partial charge in [0.15, 0.2) is 0 Å². The van der Waals surface area contributed by atoms with Gasteiger partial charge in [-0.3, -0.25) is 10.1 Å². The van der Waals surface area contributed by atoms with Gasteiger partial charge in [0.1, 0.15) is 11.9 Å². The second-order valence-corrected chi connectivity index (χ2v) is 4.64. The van der Waals surface area contributed by atoms with E-state index in [1.807, 2.05) is 0 Å². The maximum Gasteiger partial charge on any atom is 0.246 e. The zero-order valence-electron chi connectivity index (χ0n) is 8.96. The van der Waals surface area contributed by atoms with Gasteiger partial charge >= 0.3 is 0 Å². The van der Waals surface area contributed by atoms with Gasteiger partial charge in [-0.1, -0.05) is 6.92 Å². The van der Waals surface area contributed by atoms with Crippen LogP contribution in [-0.4, -0.2) is 11.9 Å². The highest BCUT2D eigenvalue weighted by Gasteiger charge is 2.39.